The molecule has 0 bridgehead atoms. The lowest BCUT2D eigenvalue weighted by atomic mass is 10.1. The van der Waals surface area contributed by atoms with E-state index in [1.807, 2.05) is 24.3 Å². The van der Waals surface area contributed by atoms with Gasteiger partial charge < -0.3 is 14.8 Å². The number of para-hydroxylation sites is 1. The first-order chi connectivity index (χ1) is 10.8. The van der Waals surface area contributed by atoms with Crippen molar-refractivity contribution < 1.29 is 14.3 Å². The molecular weight excluding hydrogens is 298 g/mol. The fourth-order valence-corrected chi connectivity index (χ4v) is 2.72. The molecule has 2 aromatic rings. The van der Waals surface area contributed by atoms with Crippen molar-refractivity contribution in [3.8, 4) is 11.5 Å². The number of ether oxygens (including phenoxy) is 2. The van der Waals surface area contributed by atoms with E-state index in [0.717, 1.165) is 10.6 Å². The van der Waals surface area contributed by atoms with Crippen LogP contribution in [-0.4, -0.2) is 19.1 Å². The number of carbonyl (C=O) groups is 1. The zero-order chi connectivity index (χ0) is 15.4. The van der Waals surface area contributed by atoms with E-state index in [0.29, 0.717) is 30.3 Å². The minimum Gasteiger partial charge on any atom is -0.486 e. The number of thioether (sulfide) groups is 1. The van der Waals surface area contributed by atoms with E-state index >= 15 is 0 Å². The Morgan fingerprint density at radius 2 is 1.91 bits per heavy atom. The van der Waals surface area contributed by atoms with Crippen LogP contribution in [0.25, 0.3) is 0 Å². The highest BCUT2D eigenvalue weighted by Crippen LogP contribution is 2.32. The molecule has 0 radical (unpaired) electrons. The second-order valence-electron chi connectivity index (χ2n) is 4.59. The Balaban J connectivity index is 1.81. The average Bonchev–Trinajstić information content (AvgIpc) is 2.56. The Bertz CT molecular complexity index is 715. The van der Waals surface area contributed by atoms with Gasteiger partial charge in [0.05, 0.1) is 5.69 Å². The third-order valence-electron chi connectivity index (χ3n) is 3.15. The van der Waals surface area contributed by atoms with E-state index < -0.39 is 0 Å². The van der Waals surface area contributed by atoms with Crippen LogP contribution in [0.2, 0.25) is 0 Å². The van der Waals surface area contributed by atoms with Crippen LogP contribution in [0.15, 0.2) is 59.3 Å². The zero-order valence-electron chi connectivity index (χ0n) is 11.9. The van der Waals surface area contributed by atoms with Crippen LogP contribution in [-0.2, 0) is 0 Å². The molecule has 112 valence electrons. The molecule has 3 rings (SSSR count). The summed E-state index contributed by atoms with van der Waals surface area (Å²) in [6.07, 6.45) is 0. The van der Waals surface area contributed by atoms with Crippen molar-refractivity contribution in [2.75, 3.05) is 18.5 Å². The molecule has 0 unspecified atom stereocenters. The quantitative estimate of drug-likeness (QED) is 0.868. The van der Waals surface area contributed by atoms with Gasteiger partial charge in [0, 0.05) is 10.5 Å². The number of nitrogens with one attached hydrogen (secondary N) is 1. The van der Waals surface area contributed by atoms with Gasteiger partial charge in [0.2, 0.25) is 0 Å². The lowest BCUT2D eigenvalue weighted by Crippen LogP contribution is -2.17. The van der Waals surface area contributed by atoms with Crippen molar-refractivity contribution >= 4 is 23.4 Å². The first-order valence-corrected chi connectivity index (χ1v) is 7.73. The summed E-state index contributed by atoms with van der Waals surface area (Å²) in [5, 5.41) is 4.65. The van der Waals surface area contributed by atoms with Crippen molar-refractivity contribution in [3.05, 3.63) is 60.0 Å². The minimum atomic E-state index is -0.186. The molecule has 4 nitrogen and oxygen atoms in total. The van der Waals surface area contributed by atoms with Gasteiger partial charge in [0.1, 0.15) is 13.2 Å². The molecule has 0 aliphatic carbocycles. The van der Waals surface area contributed by atoms with E-state index in [1.165, 1.54) is 11.8 Å². The average molecular weight is 313 g/mol. The number of anilines is 1. The first kappa shape index (κ1) is 14.5. The Kier molecular flexibility index (Phi) is 4.34. The molecule has 0 fully saturated rings. The Hall–Kier alpha value is -2.40. The lowest BCUT2D eigenvalue weighted by Gasteiger charge is -2.18. The molecule has 1 amide bonds. The van der Waals surface area contributed by atoms with Gasteiger partial charge in [-0.2, -0.15) is 0 Å². The van der Waals surface area contributed by atoms with Crippen molar-refractivity contribution in [1.29, 1.82) is 0 Å². The molecule has 1 aliphatic heterocycles. The van der Waals surface area contributed by atoms with Crippen LogP contribution in [0.4, 0.5) is 5.69 Å². The molecule has 0 spiro atoms. The summed E-state index contributed by atoms with van der Waals surface area (Å²) in [7, 11) is 0. The molecule has 1 heterocycles. The Morgan fingerprint density at radius 3 is 2.73 bits per heavy atom. The van der Waals surface area contributed by atoms with Crippen molar-refractivity contribution in [3.63, 3.8) is 0 Å². The second kappa shape index (κ2) is 6.58. The van der Waals surface area contributed by atoms with Crippen LogP contribution in [0.3, 0.4) is 0 Å². The van der Waals surface area contributed by atoms with Gasteiger partial charge in [-0.1, -0.05) is 30.5 Å². The molecule has 1 N–H and O–H groups in total. The third kappa shape index (κ3) is 3.09. The van der Waals surface area contributed by atoms with E-state index in [4.69, 9.17) is 9.47 Å². The smallest absolute Gasteiger partial charge is 0.255 e. The molecule has 22 heavy (non-hydrogen) atoms. The maximum absolute atomic E-state index is 12.4. The van der Waals surface area contributed by atoms with Crippen LogP contribution >= 0.6 is 11.8 Å². The van der Waals surface area contributed by atoms with E-state index in [-0.39, 0.29) is 5.91 Å². The van der Waals surface area contributed by atoms with Crippen molar-refractivity contribution in [1.82, 2.24) is 0 Å². The highest BCUT2D eigenvalue weighted by Gasteiger charge is 2.15. The van der Waals surface area contributed by atoms with Crippen molar-refractivity contribution in [2.24, 2.45) is 0 Å². The highest BCUT2D eigenvalue weighted by atomic mass is 32.2. The molecule has 0 saturated carbocycles. The Labute approximate surface area is 133 Å². The number of benzene rings is 2. The van der Waals surface area contributed by atoms with Crippen LogP contribution in [0, 0.1) is 0 Å². The molecule has 1 aliphatic rings. The van der Waals surface area contributed by atoms with E-state index in [9.17, 15) is 4.79 Å². The maximum atomic E-state index is 12.4. The molecular formula is C17H15NO3S. The third-order valence-corrected chi connectivity index (χ3v) is 3.93. The first-order valence-electron chi connectivity index (χ1n) is 6.85. The predicted molar refractivity (Wildman–Crippen MR) is 87.9 cm³/mol. The number of carbonyl (C=O) groups excluding carboxylic acids is 1. The zero-order valence-corrected chi connectivity index (χ0v) is 12.7. The van der Waals surface area contributed by atoms with Gasteiger partial charge in [-0.25, -0.2) is 0 Å². The van der Waals surface area contributed by atoms with E-state index in [1.54, 1.807) is 23.6 Å². The van der Waals surface area contributed by atoms with Gasteiger partial charge in [-0.3, -0.25) is 4.79 Å². The SMILES string of the molecule is C=CSc1ccccc1NC(=O)c1ccc2c(c1)OCCO2. The van der Waals surface area contributed by atoms with Crippen LogP contribution < -0.4 is 14.8 Å². The molecule has 0 atom stereocenters. The predicted octanol–water partition coefficient (Wildman–Crippen LogP) is 3.95. The fraction of sp³-hybridized carbons (Fsp3) is 0.118. The van der Waals surface area contributed by atoms with E-state index in [2.05, 4.69) is 11.9 Å². The summed E-state index contributed by atoms with van der Waals surface area (Å²) in [4.78, 5) is 13.4. The summed E-state index contributed by atoms with van der Waals surface area (Å²) in [6, 6.07) is 12.8. The Morgan fingerprint density at radius 1 is 1.14 bits per heavy atom. The summed E-state index contributed by atoms with van der Waals surface area (Å²) >= 11 is 1.47. The van der Waals surface area contributed by atoms with Crippen LogP contribution in [0.5, 0.6) is 11.5 Å². The summed E-state index contributed by atoms with van der Waals surface area (Å²) in [5.41, 5.74) is 1.29. The standard InChI is InChI=1S/C17H15NO3S/c1-2-22-16-6-4-3-5-13(16)18-17(19)12-7-8-14-15(11-12)21-10-9-20-14/h2-8,11H,1,9-10H2,(H,18,19). The fourth-order valence-electron chi connectivity index (χ4n) is 2.14. The number of hydrogen-bond donors (Lipinski definition) is 1. The summed E-state index contributed by atoms with van der Waals surface area (Å²) in [5.74, 6) is 1.09. The largest absolute Gasteiger partial charge is 0.486 e. The van der Waals surface area contributed by atoms with Gasteiger partial charge in [0.25, 0.3) is 5.91 Å². The number of hydrogen-bond acceptors (Lipinski definition) is 4. The highest BCUT2D eigenvalue weighted by molar-refractivity contribution is 8.02. The van der Waals surface area contributed by atoms with Gasteiger partial charge in [-0.05, 0) is 35.7 Å². The molecule has 0 aromatic heterocycles. The number of fused-ring (bicyclic) bond motifs is 1. The number of rotatable bonds is 4. The second-order valence-corrected chi connectivity index (χ2v) is 5.60. The van der Waals surface area contributed by atoms with Crippen molar-refractivity contribution in [2.45, 2.75) is 4.90 Å². The summed E-state index contributed by atoms with van der Waals surface area (Å²) in [6.45, 7) is 4.73. The summed E-state index contributed by atoms with van der Waals surface area (Å²) < 4.78 is 11.0. The number of amides is 1. The van der Waals surface area contributed by atoms with Gasteiger partial charge in [-0.15, -0.1) is 0 Å². The molecule has 0 saturated heterocycles. The van der Waals surface area contributed by atoms with Gasteiger partial charge in [0.15, 0.2) is 11.5 Å². The molecule has 5 heteroatoms. The lowest BCUT2D eigenvalue weighted by molar-refractivity contribution is 0.102. The van der Waals surface area contributed by atoms with Crippen LogP contribution in [0.1, 0.15) is 10.4 Å². The maximum Gasteiger partial charge on any atom is 0.255 e. The topological polar surface area (TPSA) is 47.6 Å². The van der Waals surface area contributed by atoms with Gasteiger partial charge >= 0.3 is 0 Å². The molecule has 2 aromatic carbocycles. The minimum absolute atomic E-state index is 0.186. The normalized spacial score (nSPS) is 12.5. The monoisotopic (exact) mass is 313 g/mol.